The molecular weight excluding hydrogens is 360 g/mol. The molecule has 4 saturated carbocycles. The monoisotopic (exact) mass is 396 g/mol. The minimum atomic E-state index is 0.144. The van der Waals surface area contributed by atoms with E-state index in [1.807, 2.05) is 0 Å². The van der Waals surface area contributed by atoms with E-state index in [0.29, 0.717) is 10.8 Å². The molecule has 0 radical (unpaired) electrons. The molecule has 152 valence electrons. The Hall–Kier alpha value is -0.930. The highest BCUT2D eigenvalue weighted by molar-refractivity contribution is 7.80. The number of benzene rings is 1. The van der Waals surface area contributed by atoms with Crippen molar-refractivity contribution < 1.29 is 0 Å². The molecule has 2 nitrogen and oxygen atoms in total. The van der Waals surface area contributed by atoms with Gasteiger partial charge in [0.05, 0.1) is 4.99 Å². The highest BCUT2D eigenvalue weighted by Crippen LogP contribution is 2.70. The van der Waals surface area contributed by atoms with E-state index in [1.54, 1.807) is 5.56 Å². The van der Waals surface area contributed by atoms with Crippen LogP contribution in [0.1, 0.15) is 71.3 Å². The average molecular weight is 397 g/mol. The Balaban J connectivity index is 1.50. The molecule has 0 amide bonds. The summed E-state index contributed by atoms with van der Waals surface area (Å²) >= 11 is 6.34. The van der Waals surface area contributed by atoms with Crippen molar-refractivity contribution >= 4 is 17.2 Å². The van der Waals surface area contributed by atoms with Crippen LogP contribution in [0.5, 0.6) is 0 Å². The van der Waals surface area contributed by atoms with E-state index in [0.717, 1.165) is 25.4 Å². The summed E-state index contributed by atoms with van der Waals surface area (Å²) in [5, 5.41) is 0. The van der Waals surface area contributed by atoms with Crippen LogP contribution in [0.15, 0.2) is 30.3 Å². The predicted molar refractivity (Wildman–Crippen MR) is 120 cm³/mol. The van der Waals surface area contributed by atoms with Gasteiger partial charge in [0.25, 0.3) is 0 Å². The molecular formula is C25H36N2S. The van der Waals surface area contributed by atoms with Crippen LogP contribution in [-0.4, -0.2) is 29.0 Å². The van der Waals surface area contributed by atoms with Gasteiger partial charge in [0.2, 0.25) is 0 Å². The van der Waals surface area contributed by atoms with Crippen LogP contribution >= 0.6 is 12.2 Å². The van der Waals surface area contributed by atoms with Crippen molar-refractivity contribution in [3.8, 4) is 0 Å². The lowest BCUT2D eigenvalue weighted by atomic mass is 9.38. The normalized spacial score (nSPS) is 43.9. The van der Waals surface area contributed by atoms with Crippen molar-refractivity contribution in [2.75, 3.05) is 13.1 Å². The topological polar surface area (TPSA) is 29.3 Å². The predicted octanol–water partition coefficient (Wildman–Crippen LogP) is 5.30. The molecule has 5 fully saturated rings. The standard InChI is InChI=1S/C25H36N2S/c1-22(2)17-27(10-9-20(22)26)21(28)25-13-18-11-23(3,15-25)14-24(12-18,16-25)19-7-5-4-6-8-19/h4-8,18,20H,9-17,26H2,1-3H3/t18?,20-,23+,24+,25?/m0/s1. The van der Waals surface area contributed by atoms with Crippen molar-refractivity contribution in [2.24, 2.45) is 27.9 Å². The Kier molecular flexibility index (Phi) is 4.11. The summed E-state index contributed by atoms with van der Waals surface area (Å²) in [6.45, 7) is 9.26. The van der Waals surface area contributed by atoms with Crippen LogP contribution in [0.25, 0.3) is 0 Å². The molecule has 1 aromatic carbocycles. The zero-order chi connectivity index (χ0) is 19.8. The van der Waals surface area contributed by atoms with Gasteiger partial charge in [-0.1, -0.05) is 63.3 Å². The van der Waals surface area contributed by atoms with Crippen molar-refractivity contribution in [3.63, 3.8) is 0 Å². The summed E-state index contributed by atoms with van der Waals surface area (Å²) < 4.78 is 0. The number of piperidine rings is 1. The molecule has 4 bridgehead atoms. The third-order valence-corrected chi connectivity index (χ3v) is 9.48. The van der Waals surface area contributed by atoms with E-state index in [9.17, 15) is 0 Å². The highest BCUT2D eigenvalue weighted by atomic mass is 32.1. The number of rotatable bonds is 2. The molecule has 1 saturated heterocycles. The lowest BCUT2D eigenvalue weighted by Crippen LogP contribution is -2.64. The fraction of sp³-hybridized carbons (Fsp3) is 0.720. The lowest BCUT2D eigenvalue weighted by Gasteiger charge is -2.67. The van der Waals surface area contributed by atoms with Gasteiger partial charge in [-0.05, 0) is 72.7 Å². The van der Waals surface area contributed by atoms with Crippen LogP contribution in [0.4, 0.5) is 0 Å². The molecule has 28 heavy (non-hydrogen) atoms. The Bertz CT molecular complexity index is 789. The van der Waals surface area contributed by atoms with Gasteiger partial charge in [0, 0.05) is 24.5 Å². The van der Waals surface area contributed by atoms with Crippen LogP contribution in [0.2, 0.25) is 0 Å². The zero-order valence-corrected chi connectivity index (χ0v) is 18.7. The first-order chi connectivity index (χ1) is 13.2. The van der Waals surface area contributed by atoms with Gasteiger partial charge in [-0.2, -0.15) is 0 Å². The van der Waals surface area contributed by atoms with Gasteiger partial charge in [-0.3, -0.25) is 0 Å². The van der Waals surface area contributed by atoms with Gasteiger partial charge in [0.1, 0.15) is 0 Å². The molecule has 2 unspecified atom stereocenters. The zero-order valence-electron chi connectivity index (χ0n) is 17.8. The second kappa shape index (κ2) is 6.04. The number of nitrogens with zero attached hydrogens (tertiary/aromatic N) is 1. The van der Waals surface area contributed by atoms with Crippen molar-refractivity contribution in [3.05, 3.63) is 35.9 Å². The fourth-order valence-electron chi connectivity index (χ4n) is 8.16. The first kappa shape index (κ1) is 19.1. The molecule has 1 aliphatic heterocycles. The van der Waals surface area contributed by atoms with E-state index in [4.69, 9.17) is 18.0 Å². The number of hydrogen-bond acceptors (Lipinski definition) is 2. The maximum atomic E-state index is 6.43. The maximum absolute atomic E-state index is 6.43. The van der Waals surface area contributed by atoms with Crippen molar-refractivity contribution in [2.45, 2.75) is 77.2 Å². The Morgan fingerprint density at radius 2 is 1.79 bits per heavy atom. The second-order valence-corrected chi connectivity index (χ2v) is 12.2. The van der Waals surface area contributed by atoms with Crippen LogP contribution < -0.4 is 5.73 Å². The SMILES string of the molecule is CC1(C)CN(C(=S)C23CC4C[C@@](C)(C2)C[C@](c2ccccc2)(C4)C3)CC[C@@H]1N. The van der Waals surface area contributed by atoms with E-state index < -0.39 is 0 Å². The second-order valence-electron chi connectivity index (χ2n) is 11.9. The van der Waals surface area contributed by atoms with Crippen LogP contribution in [0.3, 0.4) is 0 Å². The molecule has 1 aromatic rings. The Morgan fingerprint density at radius 1 is 1.04 bits per heavy atom. The van der Waals surface area contributed by atoms with E-state index in [-0.39, 0.29) is 16.9 Å². The van der Waals surface area contributed by atoms with E-state index in [1.165, 1.54) is 43.5 Å². The number of nitrogens with two attached hydrogens (primary N) is 1. The van der Waals surface area contributed by atoms with E-state index >= 15 is 0 Å². The third-order valence-electron chi connectivity index (χ3n) is 8.79. The maximum Gasteiger partial charge on any atom is 0.0842 e. The van der Waals surface area contributed by atoms with Crippen molar-refractivity contribution in [1.82, 2.24) is 4.90 Å². The largest absolute Gasteiger partial charge is 0.365 e. The molecule has 6 rings (SSSR count). The lowest BCUT2D eigenvalue weighted by molar-refractivity contribution is -0.0908. The summed E-state index contributed by atoms with van der Waals surface area (Å²) in [6, 6.07) is 11.7. The Labute approximate surface area is 176 Å². The first-order valence-corrected chi connectivity index (χ1v) is 11.7. The minimum Gasteiger partial charge on any atom is -0.365 e. The third kappa shape index (κ3) is 2.80. The minimum absolute atomic E-state index is 0.144. The number of likely N-dealkylation sites (tertiary alicyclic amines) is 1. The summed E-state index contributed by atoms with van der Waals surface area (Å²) in [7, 11) is 0. The number of thiocarbonyl (C=S) groups is 1. The Morgan fingerprint density at radius 3 is 2.46 bits per heavy atom. The molecule has 4 aliphatic carbocycles. The summed E-state index contributed by atoms with van der Waals surface area (Å²) in [5.74, 6) is 0.833. The molecule has 3 heteroatoms. The molecule has 5 aliphatic rings. The fourth-order valence-corrected chi connectivity index (χ4v) is 8.54. The highest BCUT2D eigenvalue weighted by Gasteiger charge is 2.64. The molecule has 1 heterocycles. The first-order valence-electron chi connectivity index (χ1n) is 11.3. The van der Waals surface area contributed by atoms with Gasteiger partial charge >= 0.3 is 0 Å². The van der Waals surface area contributed by atoms with Crippen LogP contribution in [-0.2, 0) is 5.41 Å². The summed E-state index contributed by atoms with van der Waals surface area (Å²) in [4.78, 5) is 3.84. The molecule has 0 aromatic heterocycles. The average Bonchev–Trinajstić information content (AvgIpc) is 2.62. The van der Waals surface area contributed by atoms with Gasteiger partial charge in [-0.15, -0.1) is 0 Å². The van der Waals surface area contributed by atoms with Gasteiger partial charge in [0.15, 0.2) is 0 Å². The summed E-state index contributed by atoms with van der Waals surface area (Å²) in [6.07, 6.45) is 9.06. The van der Waals surface area contributed by atoms with Gasteiger partial charge in [-0.25, -0.2) is 0 Å². The molecule has 0 spiro atoms. The van der Waals surface area contributed by atoms with Crippen LogP contribution in [0, 0.1) is 22.2 Å². The quantitative estimate of drug-likeness (QED) is 0.688. The number of hydrogen-bond donors (Lipinski definition) is 1. The van der Waals surface area contributed by atoms with E-state index in [2.05, 4.69) is 56.0 Å². The van der Waals surface area contributed by atoms with Gasteiger partial charge < -0.3 is 10.6 Å². The molecule has 2 N–H and O–H groups in total. The molecule has 5 atom stereocenters. The van der Waals surface area contributed by atoms with Crippen molar-refractivity contribution in [1.29, 1.82) is 0 Å². The summed E-state index contributed by atoms with van der Waals surface area (Å²) in [5.41, 5.74) is 9.14. The smallest absolute Gasteiger partial charge is 0.0842 e.